The van der Waals surface area contributed by atoms with Crippen LogP contribution in [0.25, 0.3) is 22.3 Å². The monoisotopic (exact) mass is 473 g/mol. The zero-order valence-corrected chi connectivity index (χ0v) is 19.1. The molecule has 3 N–H and O–H groups in total. The molecular formula is C22H25F2N7O3. The zero-order valence-electron chi connectivity index (χ0n) is 19.1. The number of fused-ring (bicyclic) bond motifs is 2. The minimum atomic E-state index is -0.729. The number of carbonyl (C=O) groups is 1. The van der Waals surface area contributed by atoms with Crippen LogP contribution in [0.5, 0.6) is 5.88 Å². The molecule has 0 aliphatic carbocycles. The number of imidazole rings is 1. The highest BCUT2D eigenvalue weighted by Crippen LogP contribution is 2.35. The number of aliphatic hydroxyl groups excluding tert-OH is 1. The first-order valence-corrected chi connectivity index (χ1v) is 10.7. The molecule has 1 unspecified atom stereocenters. The number of nitrogens with zero attached hydrogens (tertiary/aromatic N) is 5. The number of hydrogen-bond acceptors (Lipinski definition) is 7. The van der Waals surface area contributed by atoms with Crippen LogP contribution in [0.4, 0.5) is 14.7 Å². The zero-order chi connectivity index (χ0) is 24.6. The van der Waals surface area contributed by atoms with Gasteiger partial charge in [-0.2, -0.15) is 4.98 Å². The first kappa shape index (κ1) is 23.4. The Labute approximate surface area is 193 Å². The Balaban J connectivity index is 1.86. The van der Waals surface area contributed by atoms with Crippen molar-refractivity contribution in [2.75, 3.05) is 26.1 Å². The molecule has 12 heteroatoms. The summed E-state index contributed by atoms with van der Waals surface area (Å²) < 4.78 is 38.0. The highest BCUT2D eigenvalue weighted by molar-refractivity contribution is 5.93. The molecule has 0 bridgehead atoms. The summed E-state index contributed by atoms with van der Waals surface area (Å²) in [7, 11) is 2.83. The van der Waals surface area contributed by atoms with Crippen LogP contribution in [0.3, 0.4) is 0 Å². The minimum absolute atomic E-state index is 0.00727. The molecule has 34 heavy (non-hydrogen) atoms. The van der Waals surface area contributed by atoms with E-state index in [0.717, 1.165) is 18.7 Å². The second-order valence-electron chi connectivity index (χ2n) is 7.87. The molecule has 2 atom stereocenters. The molecule has 0 aromatic carbocycles. The topological polar surface area (TPSA) is 118 Å². The number of hydrogen-bond donors (Lipinski definition) is 3. The second kappa shape index (κ2) is 9.21. The van der Waals surface area contributed by atoms with Gasteiger partial charge in [-0.3, -0.25) is 9.20 Å². The van der Waals surface area contributed by atoms with E-state index in [1.54, 1.807) is 0 Å². The largest absolute Gasteiger partial charge is 0.479 e. The lowest BCUT2D eigenvalue weighted by Crippen LogP contribution is -2.29. The van der Waals surface area contributed by atoms with Gasteiger partial charge in [-0.25, -0.2) is 18.3 Å². The van der Waals surface area contributed by atoms with Gasteiger partial charge < -0.3 is 20.5 Å². The Morgan fingerprint density at radius 1 is 1.29 bits per heavy atom. The number of methoxy groups -OCH3 is 1. The fraction of sp³-hybridized carbons (Fsp3) is 0.364. The molecule has 0 saturated carbocycles. The van der Waals surface area contributed by atoms with E-state index in [-0.39, 0.29) is 58.4 Å². The van der Waals surface area contributed by atoms with Gasteiger partial charge >= 0.3 is 0 Å². The van der Waals surface area contributed by atoms with Gasteiger partial charge in [0, 0.05) is 37.4 Å². The molecule has 0 spiro atoms. The average molecular weight is 473 g/mol. The summed E-state index contributed by atoms with van der Waals surface area (Å²) in [6.45, 7) is 3.84. The highest BCUT2D eigenvalue weighted by atomic mass is 19.1. The molecule has 1 amide bonds. The van der Waals surface area contributed by atoms with Gasteiger partial charge in [-0.05, 0) is 19.4 Å². The summed E-state index contributed by atoms with van der Waals surface area (Å²) in [5.74, 6) is -1.65. The third-order valence-corrected chi connectivity index (χ3v) is 5.88. The number of aliphatic hydroxyl groups is 1. The van der Waals surface area contributed by atoms with Crippen molar-refractivity contribution in [2.45, 2.75) is 26.3 Å². The minimum Gasteiger partial charge on any atom is -0.479 e. The van der Waals surface area contributed by atoms with Crippen LogP contribution in [-0.2, 0) is 0 Å². The van der Waals surface area contributed by atoms with E-state index in [4.69, 9.17) is 4.74 Å². The molecule has 0 fully saturated rings. The van der Waals surface area contributed by atoms with Gasteiger partial charge in [0.05, 0.1) is 25.1 Å². The Hall–Kier alpha value is -3.80. The maximum absolute atomic E-state index is 15.2. The number of halogens is 2. The average Bonchev–Trinajstić information content (AvgIpc) is 3.39. The van der Waals surface area contributed by atoms with Gasteiger partial charge in [0.1, 0.15) is 11.2 Å². The smallest absolute Gasteiger partial charge is 0.269 e. The molecule has 10 nitrogen and oxygen atoms in total. The van der Waals surface area contributed by atoms with Crippen LogP contribution < -0.4 is 15.4 Å². The highest BCUT2D eigenvalue weighted by Gasteiger charge is 2.24. The van der Waals surface area contributed by atoms with Crippen LogP contribution >= 0.6 is 0 Å². The summed E-state index contributed by atoms with van der Waals surface area (Å²) in [5, 5.41) is 19.5. The van der Waals surface area contributed by atoms with E-state index in [1.807, 2.05) is 13.8 Å². The van der Waals surface area contributed by atoms with Crippen molar-refractivity contribution in [3.05, 3.63) is 42.0 Å². The van der Waals surface area contributed by atoms with Gasteiger partial charge in [-0.1, -0.05) is 6.92 Å². The molecule has 4 aromatic heterocycles. The number of anilines is 1. The van der Waals surface area contributed by atoms with Gasteiger partial charge in [0.15, 0.2) is 17.3 Å². The summed E-state index contributed by atoms with van der Waals surface area (Å²) >= 11 is 0. The third kappa shape index (κ3) is 3.89. The van der Waals surface area contributed by atoms with E-state index in [1.165, 1.54) is 35.5 Å². The fourth-order valence-corrected chi connectivity index (χ4v) is 3.94. The maximum Gasteiger partial charge on any atom is 0.269 e. The van der Waals surface area contributed by atoms with E-state index >= 15 is 4.39 Å². The predicted octanol–water partition coefficient (Wildman–Crippen LogP) is 2.51. The van der Waals surface area contributed by atoms with E-state index < -0.39 is 17.5 Å². The number of ether oxygens (including phenoxy) is 1. The fourth-order valence-electron chi connectivity index (χ4n) is 3.94. The number of pyridine rings is 1. The van der Waals surface area contributed by atoms with Gasteiger partial charge in [0.25, 0.3) is 5.91 Å². The number of rotatable bonds is 8. The predicted molar refractivity (Wildman–Crippen MR) is 121 cm³/mol. The molecule has 4 aromatic rings. The summed E-state index contributed by atoms with van der Waals surface area (Å²) in [6, 6.07) is 0.979. The van der Waals surface area contributed by atoms with Crippen molar-refractivity contribution >= 4 is 23.0 Å². The van der Waals surface area contributed by atoms with Crippen LogP contribution in [-0.4, -0.2) is 61.8 Å². The van der Waals surface area contributed by atoms with Crippen LogP contribution in [0.2, 0.25) is 0 Å². The number of carbonyl (C=O) groups excluding carboxylic acids is 1. The summed E-state index contributed by atoms with van der Waals surface area (Å²) in [6.07, 6.45) is 4.56. The van der Waals surface area contributed by atoms with Crippen molar-refractivity contribution < 1.29 is 23.4 Å². The molecule has 0 aliphatic heterocycles. The van der Waals surface area contributed by atoms with Crippen molar-refractivity contribution in [3.8, 4) is 17.0 Å². The molecule has 180 valence electrons. The Bertz CT molecular complexity index is 1360. The SMILES string of the molecule is CCC(CO)[C@H](C)Nc1nc(OC)c2c(-c3cc(F)c4ncc(C(=O)NC)n4c3)c(F)cn2n1. The number of amides is 1. The number of nitrogens with one attached hydrogen (secondary N) is 2. The first-order valence-electron chi connectivity index (χ1n) is 10.7. The molecular weight excluding hydrogens is 448 g/mol. The van der Waals surface area contributed by atoms with E-state index in [2.05, 4.69) is 25.7 Å². The van der Waals surface area contributed by atoms with Crippen molar-refractivity contribution in [3.63, 3.8) is 0 Å². The van der Waals surface area contributed by atoms with Gasteiger partial charge in [-0.15, -0.1) is 5.10 Å². The molecule has 0 saturated heterocycles. The lowest BCUT2D eigenvalue weighted by Gasteiger charge is -2.21. The standard InChI is InChI=1S/C22H25F2N7O3/c1-5-12(10-32)11(2)27-22-28-21(34-4)18-17(15(24)9-31(18)29-22)13-6-14(23)19-26-7-16(20(33)25-3)30(19)8-13/h6-9,11-12,32H,5,10H2,1-4H3,(H,25,33)(H,27,29)/t11-,12?/m0/s1. The summed E-state index contributed by atoms with van der Waals surface area (Å²) in [4.78, 5) is 20.5. The Kier molecular flexibility index (Phi) is 6.33. The van der Waals surface area contributed by atoms with Gasteiger partial charge in [0.2, 0.25) is 11.8 Å². The molecule has 4 heterocycles. The quantitative estimate of drug-likeness (QED) is 0.360. The Morgan fingerprint density at radius 2 is 2.06 bits per heavy atom. The summed E-state index contributed by atoms with van der Waals surface area (Å²) in [5.41, 5.74) is 0.378. The second-order valence-corrected chi connectivity index (χ2v) is 7.87. The molecule has 0 radical (unpaired) electrons. The third-order valence-electron chi connectivity index (χ3n) is 5.88. The van der Waals surface area contributed by atoms with E-state index in [0.29, 0.717) is 0 Å². The normalized spacial score (nSPS) is 13.3. The Morgan fingerprint density at radius 3 is 2.71 bits per heavy atom. The van der Waals surface area contributed by atoms with E-state index in [9.17, 15) is 14.3 Å². The van der Waals surface area contributed by atoms with Crippen molar-refractivity contribution in [1.29, 1.82) is 0 Å². The molecule has 0 aliphatic rings. The van der Waals surface area contributed by atoms with Crippen LogP contribution in [0.15, 0.2) is 24.7 Å². The maximum atomic E-state index is 15.2. The first-order chi connectivity index (χ1) is 16.3. The van der Waals surface area contributed by atoms with Crippen LogP contribution in [0, 0.1) is 17.6 Å². The van der Waals surface area contributed by atoms with Crippen molar-refractivity contribution in [1.82, 2.24) is 29.3 Å². The van der Waals surface area contributed by atoms with Crippen LogP contribution in [0.1, 0.15) is 30.8 Å². The molecule has 4 rings (SSSR count). The van der Waals surface area contributed by atoms with Crippen molar-refractivity contribution in [2.24, 2.45) is 5.92 Å². The lowest BCUT2D eigenvalue weighted by atomic mass is 10.00. The number of aromatic nitrogens is 5. The lowest BCUT2D eigenvalue weighted by molar-refractivity contribution is 0.0957.